The van der Waals surface area contributed by atoms with Crippen LogP contribution in [0.5, 0.6) is 0 Å². The second-order valence-corrected chi connectivity index (χ2v) is 3.89. The maximum Gasteiger partial charge on any atom is 0.241 e. The van der Waals surface area contributed by atoms with E-state index in [4.69, 9.17) is 5.73 Å². The molecule has 0 fully saturated rings. The summed E-state index contributed by atoms with van der Waals surface area (Å²) in [5.74, 6) is -0.0951. The molecule has 3 heteroatoms. The third kappa shape index (κ3) is 4.03. The van der Waals surface area contributed by atoms with Gasteiger partial charge in [-0.1, -0.05) is 50.1 Å². The number of carbonyl (C=O) groups is 1. The summed E-state index contributed by atoms with van der Waals surface area (Å²) in [6.07, 6.45) is 3.31. The Balaban J connectivity index is 2.37. The van der Waals surface area contributed by atoms with Crippen LogP contribution in [0.2, 0.25) is 0 Å². The molecule has 1 atom stereocenters. The monoisotopic (exact) mass is 220 g/mol. The molecule has 1 aromatic carbocycles. The Morgan fingerprint density at radius 1 is 1.31 bits per heavy atom. The van der Waals surface area contributed by atoms with Gasteiger partial charge in [0.1, 0.15) is 6.04 Å². The van der Waals surface area contributed by atoms with Crippen molar-refractivity contribution in [2.75, 3.05) is 6.54 Å². The van der Waals surface area contributed by atoms with Crippen LogP contribution >= 0.6 is 0 Å². The van der Waals surface area contributed by atoms with Gasteiger partial charge >= 0.3 is 0 Å². The van der Waals surface area contributed by atoms with Crippen LogP contribution in [0.15, 0.2) is 30.3 Å². The van der Waals surface area contributed by atoms with Crippen molar-refractivity contribution in [3.8, 4) is 0 Å². The first-order valence-corrected chi connectivity index (χ1v) is 5.84. The molecule has 0 heterocycles. The molecule has 0 aromatic heterocycles. The molecule has 1 rings (SSSR count). The van der Waals surface area contributed by atoms with Crippen molar-refractivity contribution < 1.29 is 4.79 Å². The fourth-order valence-electron chi connectivity index (χ4n) is 1.51. The third-order valence-electron chi connectivity index (χ3n) is 2.52. The fraction of sp³-hybridized carbons (Fsp3) is 0.462. The predicted octanol–water partition coefficient (Wildman–Crippen LogP) is 1.99. The minimum absolute atomic E-state index is 0.0951. The van der Waals surface area contributed by atoms with E-state index in [1.807, 2.05) is 30.3 Å². The number of hydrogen-bond donors (Lipinski definition) is 2. The highest BCUT2D eigenvalue weighted by Crippen LogP contribution is 2.09. The summed E-state index contributed by atoms with van der Waals surface area (Å²) in [5, 5.41) is 2.85. The highest BCUT2D eigenvalue weighted by atomic mass is 16.2. The van der Waals surface area contributed by atoms with E-state index in [0.717, 1.165) is 24.8 Å². The quantitative estimate of drug-likeness (QED) is 0.720. The van der Waals surface area contributed by atoms with Crippen LogP contribution in [0.3, 0.4) is 0 Å². The average molecular weight is 220 g/mol. The third-order valence-corrected chi connectivity index (χ3v) is 2.52. The van der Waals surface area contributed by atoms with Crippen molar-refractivity contribution in [3.63, 3.8) is 0 Å². The van der Waals surface area contributed by atoms with E-state index < -0.39 is 6.04 Å². The molecule has 0 aliphatic heterocycles. The average Bonchev–Trinajstić information content (AvgIpc) is 2.34. The lowest BCUT2D eigenvalue weighted by Crippen LogP contribution is -2.34. The number of rotatable bonds is 6. The van der Waals surface area contributed by atoms with E-state index in [-0.39, 0.29) is 5.91 Å². The molecule has 0 saturated carbocycles. The molecule has 0 radical (unpaired) electrons. The van der Waals surface area contributed by atoms with Crippen molar-refractivity contribution in [1.29, 1.82) is 0 Å². The fourth-order valence-corrected chi connectivity index (χ4v) is 1.51. The lowest BCUT2D eigenvalue weighted by Gasteiger charge is -2.12. The molecule has 0 aliphatic carbocycles. The molecule has 1 unspecified atom stereocenters. The molecule has 16 heavy (non-hydrogen) atoms. The van der Waals surface area contributed by atoms with E-state index in [1.165, 1.54) is 0 Å². The topological polar surface area (TPSA) is 55.1 Å². The lowest BCUT2D eigenvalue weighted by atomic mass is 10.1. The Morgan fingerprint density at radius 3 is 2.62 bits per heavy atom. The molecular weight excluding hydrogens is 200 g/mol. The molecule has 0 saturated heterocycles. The molecule has 3 nitrogen and oxygen atoms in total. The predicted molar refractivity (Wildman–Crippen MR) is 65.9 cm³/mol. The Bertz CT molecular complexity index is 311. The number of unbranched alkanes of at least 4 members (excludes halogenated alkanes) is 2. The number of nitrogens with two attached hydrogens (primary N) is 1. The minimum Gasteiger partial charge on any atom is -0.354 e. The van der Waals surface area contributed by atoms with Gasteiger partial charge in [-0.05, 0) is 12.0 Å². The summed E-state index contributed by atoms with van der Waals surface area (Å²) in [5.41, 5.74) is 6.70. The smallest absolute Gasteiger partial charge is 0.241 e. The Labute approximate surface area is 97.0 Å². The van der Waals surface area contributed by atoms with Gasteiger partial charge in [0.25, 0.3) is 0 Å². The lowest BCUT2D eigenvalue weighted by molar-refractivity contribution is -0.122. The maximum absolute atomic E-state index is 11.7. The molecule has 0 aliphatic rings. The highest BCUT2D eigenvalue weighted by Gasteiger charge is 2.13. The van der Waals surface area contributed by atoms with Crippen molar-refractivity contribution >= 4 is 5.91 Å². The van der Waals surface area contributed by atoms with Gasteiger partial charge in [-0.3, -0.25) is 4.79 Å². The summed E-state index contributed by atoms with van der Waals surface area (Å²) >= 11 is 0. The van der Waals surface area contributed by atoms with E-state index >= 15 is 0 Å². The Morgan fingerprint density at radius 2 is 2.00 bits per heavy atom. The number of nitrogens with one attached hydrogen (secondary N) is 1. The Kier molecular flexibility index (Phi) is 5.57. The van der Waals surface area contributed by atoms with Crippen LogP contribution < -0.4 is 11.1 Å². The van der Waals surface area contributed by atoms with E-state index in [0.29, 0.717) is 6.54 Å². The summed E-state index contributed by atoms with van der Waals surface area (Å²) < 4.78 is 0. The zero-order valence-electron chi connectivity index (χ0n) is 9.78. The SMILES string of the molecule is CCCCCNC(=O)C(N)c1ccccc1. The van der Waals surface area contributed by atoms with Crippen molar-refractivity contribution in [2.24, 2.45) is 5.73 Å². The van der Waals surface area contributed by atoms with Crippen LogP contribution in [0.1, 0.15) is 37.8 Å². The summed E-state index contributed by atoms with van der Waals surface area (Å²) in [6.45, 7) is 2.85. The zero-order valence-corrected chi connectivity index (χ0v) is 9.78. The van der Waals surface area contributed by atoms with Crippen molar-refractivity contribution in [2.45, 2.75) is 32.2 Å². The zero-order chi connectivity index (χ0) is 11.8. The molecule has 88 valence electrons. The van der Waals surface area contributed by atoms with Crippen LogP contribution in [-0.2, 0) is 4.79 Å². The van der Waals surface area contributed by atoms with Gasteiger partial charge < -0.3 is 11.1 Å². The standard InChI is InChI=1S/C13H20N2O/c1-2-3-7-10-15-13(16)12(14)11-8-5-4-6-9-11/h4-6,8-9,12H,2-3,7,10,14H2,1H3,(H,15,16). The van der Waals surface area contributed by atoms with Gasteiger partial charge in [0.05, 0.1) is 0 Å². The summed E-state index contributed by atoms with van der Waals surface area (Å²) in [4.78, 5) is 11.7. The van der Waals surface area contributed by atoms with Crippen LogP contribution in [-0.4, -0.2) is 12.5 Å². The number of amides is 1. The first-order valence-electron chi connectivity index (χ1n) is 5.84. The number of hydrogen-bond acceptors (Lipinski definition) is 2. The molecule has 3 N–H and O–H groups in total. The Hall–Kier alpha value is -1.35. The second-order valence-electron chi connectivity index (χ2n) is 3.89. The van der Waals surface area contributed by atoms with Crippen molar-refractivity contribution in [3.05, 3.63) is 35.9 Å². The van der Waals surface area contributed by atoms with E-state index in [2.05, 4.69) is 12.2 Å². The van der Waals surface area contributed by atoms with Gasteiger partial charge in [-0.25, -0.2) is 0 Å². The maximum atomic E-state index is 11.7. The highest BCUT2D eigenvalue weighted by molar-refractivity contribution is 5.82. The van der Waals surface area contributed by atoms with Gasteiger partial charge in [0.15, 0.2) is 0 Å². The van der Waals surface area contributed by atoms with Crippen LogP contribution in [0, 0.1) is 0 Å². The molecule has 0 bridgehead atoms. The largest absolute Gasteiger partial charge is 0.354 e. The van der Waals surface area contributed by atoms with Crippen molar-refractivity contribution in [1.82, 2.24) is 5.32 Å². The second kappa shape index (κ2) is 7.01. The van der Waals surface area contributed by atoms with Gasteiger partial charge in [0, 0.05) is 6.54 Å². The van der Waals surface area contributed by atoms with Gasteiger partial charge in [0.2, 0.25) is 5.91 Å². The first kappa shape index (κ1) is 12.7. The molecule has 1 aromatic rings. The molecular formula is C13H20N2O. The molecule has 1 amide bonds. The normalized spacial score (nSPS) is 12.1. The number of benzene rings is 1. The van der Waals surface area contributed by atoms with Gasteiger partial charge in [-0.15, -0.1) is 0 Å². The van der Waals surface area contributed by atoms with Crippen LogP contribution in [0.25, 0.3) is 0 Å². The minimum atomic E-state index is -0.553. The van der Waals surface area contributed by atoms with Gasteiger partial charge in [-0.2, -0.15) is 0 Å². The molecule has 0 spiro atoms. The van der Waals surface area contributed by atoms with Crippen LogP contribution in [0.4, 0.5) is 0 Å². The summed E-state index contributed by atoms with van der Waals surface area (Å²) in [7, 11) is 0. The summed E-state index contributed by atoms with van der Waals surface area (Å²) in [6, 6.07) is 8.88. The van der Waals surface area contributed by atoms with E-state index in [9.17, 15) is 4.79 Å². The first-order chi connectivity index (χ1) is 7.75. The number of carbonyl (C=O) groups excluding carboxylic acids is 1. The van der Waals surface area contributed by atoms with E-state index in [1.54, 1.807) is 0 Å².